The molecule has 0 N–H and O–H groups in total. The zero-order valence-electron chi connectivity index (χ0n) is 15.3. The third kappa shape index (κ3) is 2.93. The molecular weight excluding hydrogens is 328 g/mol. The van der Waals surface area contributed by atoms with Gasteiger partial charge in [-0.25, -0.2) is 0 Å². The standard InChI is InChI=1S/C21H26N2O3/c1-14-10-12-22(13-11-14)19(24)15-6-8-16(9-7-15)23-20(25)17-4-2-3-5-18(17)21(23)26/h6-9,14,17-18H,2-5,10-13H2,1H3/t17-,18+. The summed E-state index contributed by atoms with van der Waals surface area (Å²) in [6.45, 7) is 3.82. The summed E-state index contributed by atoms with van der Waals surface area (Å²) in [4.78, 5) is 41.2. The molecule has 1 saturated carbocycles. The number of benzene rings is 1. The molecule has 2 atom stereocenters. The lowest BCUT2D eigenvalue weighted by atomic mass is 9.81. The number of carbonyl (C=O) groups is 3. The summed E-state index contributed by atoms with van der Waals surface area (Å²) < 4.78 is 0. The molecule has 1 aliphatic carbocycles. The van der Waals surface area contributed by atoms with E-state index in [-0.39, 0.29) is 29.6 Å². The average molecular weight is 354 g/mol. The number of fused-ring (bicyclic) bond motifs is 1. The Bertz CT molecular complexity index is 695. The maximum absolute atomic E-state index is 12.7. The Morgan fingerprint density at radius 1 is 0.885 bits per heavy atom. The van der Waals surface area contributed by atoms with Gasteiger partial charge in [0.1, 0.15) is 0 Å². The Morgan fingerprint density at radius 2 is 1.42 bits per heavy atom. The van der Waals surface area contributed by atoms with Crippen LogP contribution >= 0.6 is 0 Å². The number of nitrogens with zero attached hydrogens (tertiary/aromatic N) is 2. The second kappa shape index (κ2) is 6.86. The van der Waals surface area contributed by atoms with Gasteiger partial charge in [-0.15, -0.1) is 0 Å². The molecular formula is C21H26N2O3. The van der Waals surface area contributed by atoms with Gasteiger partial charge < -0.3 is 4.90 Å². The maximum atomic E-state index is 12.7. The number of hydrogen-bond donors (Lipinski definition) is 0. The molecule has 0 unspecified atom stereocenters. The fourth-order valence-electron chi connectivity index (χ4n) is 4.56. The van der Waals surface area contributed by atoms with Crippen molar-refractivity contribution in [2.75, 3.05) is 18.0 Å². The number of piperidine rings is 1. The van der Waals surface area contributed by atoms with Crippen molar-refractivity contribution >= 4 is 23.4 Å². The van der Waals surface area contributed by atoms with Gasteiger partial charge in [0, 0.05) is 18.7 Å². The van der Waals surface area contributed by atoms with Crippen LogP contribution in [0.25, 0.3) is 0 Å². The van der Waals surface area contributed by atoms with Crippen molar-refractivity contribution in [1.82, 2.24) is 4.90 Å². The number of rotatable bonds is 2. The quantitative estimate of drug-likeness (QED) is 0.766. The molecule has 26 heavy (non-hydrogen) atoms. The molecule has 3 aliphatic rings. The van der Waals surface area contributed by atoms with Crippen LogP contribution in [0.15, 0.2) is 24.3 Å². The van der Waals surface area contributed by atoms with E-state index in [4.69, 9.17) is 0 Å². The van der Waals surface area contributed by atoms with Crippen molar-refractivity contribution in [1.29, 1.82) is 0 Å². The summed E-state index contributed by atoms with van der Waals surface area (Å²) in [7, 11) is 0. The third-order valence-corrected chi connectivity index (χ3v) is 6.28. The Kier molecular flexibility index (Phi) is 4.55. The smallest absolute Gasteiger partial charge is 0.253 e. The number of hydrogen-bond acceptors (Lipinski definition) is 3. The molecule has 2 heterocycles. The first-order valence-corrected chi connectivity index (χ1v) is 9.83. The van der Waals surface area contributed by atoms with Crippen LogP contribution in [0.3, 0.4) is 0 Å². The van der Waals surface area contributed by atoms with Crippen molar-refractivity contribution in [3.05, 3.63) is 29.8 Å². The molecule has 1 aromatic rings. The molecule has 2 aliphatic heterocycles. The number of imide groups is 1. The summed E-state index contributed by atoms with van der Waals surface area (Å²) in [5.74, 6) is 0.293. The average Bonchev–Trinajstić information content (AvgIpc) is 2.93. The van der Waals surface area contributed by atoms with E-state index in [1.165, 1.54) is 4.90 Å². The largest absolute Gasteiger partial charge is 0.339 e. The Labute approximate surface area is 154 Å². The second-order valence-electron chi connectivity index (χ2n) is 8.03. The van der Waals surface area contributed by atoms with Crippen molar-refractivity contribution < 1.29 is 14.4 Å². The topological polar surface area (TPSA) is 57.7 Å². The van der Waals surface area contributed by atoms with Gasteiger partial charge in [0.25, 0.3) is 5.91 Å². The van der Waals surface area contributed by atoms with Gasteiger partial charge in [0.2, 0.25) is 11.8 Å². The van der Waals surface area contributed by atoms with Crippen LogP contribution in [-0.4, -0.2) is 35.7 Å². The number of carbonyl (C=O) groups excluding carboxylic acids is 3. The van der Waals surface area contributed by atoms with E-state index in [9.17, 15) is 14.4 Å². The van der Waals surface area contributed by atoms with Gasteiger partial charge >= 0.3 is 0 Å². The minimum absolute atomic E-state index is 0.0381. The van der Waals surface area contributed by atoms with Crippen LogP contribution in [0.4, 0.5) is 5.69 Å². The zero-order valence-corrected chi connectivity index (χ0v) is 15.3. The van der Waals surface area contributed by atoms with Crippen molar-refractivity contribution in [3.8, 4) is 0 Å². The number of likely N-dealkylation sites (tertiary alicyclic amines) is 1. The van der Waals surface area contributed by atoms with Gasteiger partial charge in [-0.05, 0) is 55.9 Å². The molecule has 138 valence electrons. The van der Waals surface area contributed by atoms with Crippen LogP contribution in [0.2, 0.25) is 0 Å². The molecule has 5 heteroatoms. The lowest BCUT2D eigenvalue weighted by Gasteiger charge is -2.30. The van der Waals surface area contributed by atoms with Crippen molar-refractivity contribution in [3.63, 3.8) is 0 Å². The molecule has 0 bridgehead atoms. The van der Waals surface area contributed by atoms with Crippen LogP contribution in [0.5, 0.6) is 0 Å². The van der Waals surface area contributed by atoms with E-state index in [1.807, 2.05) is 4.90 Å². The molecule has 3 fully saturated rings. The Morgan fingerprint density at radius 3 is 1.96 bits per heavy atom. The van der Waals surface area contributed by atoms with Crippen LogP contribution in [0.1, 0.15) is 55.8 Å². The molecule has 5 nitrogen and oxygen atoms in total. The highest BCUT2D eigenvalue weighted by atomic mass is 16.2. The van der Waals surface area contributed by atoms with Gasteiger partial charge in [-0.2, -0.15) is 0 Å². The summed E-state index contributed by atoms with van der Waals surface area (Å²) in [5, 5.41) is 0. The fraction of sp³-hybridized carbons (Fsp3) is 0.571. The molecule has 0 aromatic heterocycles. The molecule has 2 saturated heterocycles. The molecule has 4 rings (SSSR count). The minimum atomic E-state index is -0.145. The summed E-state index contributed by atoms with van der Waals surface area (Å²) in [5.41, 5.74) is 1.22. The minimum Gasteiger partial charge on any atom is -0.339 e. The highest BCUT2D eigenvalue weighted by Gasteiger charge is 2.48. The van der Waals surface area contributed by atoms with Crippen LogP contribution in [0, 0.1) is 17.8 Å². The summed E-state index contributed by atoms with van der Waals surface area (Å²) >= 11 is 0. The monoisotopic (exact) mass is 354 g/mol. The van der Waals surface area contributed by atoms with Crippen LogP contribution in [-0.2, 0) is 9.59 Å². The van der Waals surface area contributed by atoms with Crippen molar-refractivity contribution in [2.24, 2.45) is 17.8 Å². The Hall–Kier alpha value is -2.17. The SMILES string of the molecule is CC1CCN(C(=O)c2ccc(N3C(=O)[C@H]4CCCC[C@H]4C3=O)cc2)CC1. The highest BCUT2D eigenvalue weighted by Crippen LogP contribution is 2.40. The van der Waals surface area contributed by atoms with Crippen LogP contribution < -0.4 is 4.90 Å². The number of amides is 3. The van der Waals surface area contributed by atoms with Crippen molar-refractivity contribution in [2.45, 2.75) is 45.4 Å². The lowest BCUT2D eigenvalue weighted by molar-refractivity contribution is -0.122. The van der Waals surface area contributed by atoms with Gasteiger partial charge in [-0.3, -0.25) is 19.3 Å². The summed E-state index contributed by atoms with van der Waals surface area (Å²) in [6.07, 6.45) is 5.77. The van der Waals surface area contributed by atoms with Gasteiger partial charge in [0.05, 0.1) is 17.5 Å². The fourth-order valence-corrected chi connectivity index (χ4v) is 4.56. The van der Waals surface area contributed by atoms with E-state index < -0.39 is 0 Å². The maximum Gasteiger partial charge on any atom is 0.253 e. The Balaban J connectivity index is 1.50. The second-order valence-corrected chi connectivity index (χ2v) is 8.03. The lowest BCUT2D eigenvalue weighted by Crippen LogP contribution is -2.38. The first kappa shape index (κ1) is 17.3. The van der Waals surface area contributed by atoms with E-state index >= 15 is 0 Å². The first-order chi connectivity index (χ1) is 12.6. The van der Waals surface area contributed by atoms with Gasteiger partial charge in [0.15, 0.2) is 0 Å². The van der Waals surface area contributed by atoms with E-state index in [0.717, 1.165) is 51.6 Å². The molecule has 0 radical (unpaired) electrons. The predicted molar refractivity (Wildman–Crippen MR) is 98.7 cm³/mol. The highest BCUT2D eigenvalue weighted by molar-refractivity contribution is 6.22. The summed E-state index contributed by atoms with van der Waals surface area (Å²) in [6, 6.07) is 6.98. The van der Waals surface area contributed by atoms with E-state index in [1.54, 1.807) is 24.3 Å². The molecule has 0 spiro atoms. The molecule has 1 aromatic carbocycles. The van der Waals surface area contributed by atoms with E-state index in [0.29, 0.717) is 17.2 Å². The third-order valence-electron chi connectivity index (χ3n) is 6.28. The normalized spacial score (nSPS) is 27.0. The molecule has 3 amide bonds. The van der Waals surface area contributed by atoms with E-state index in [2.05, 4.69) is 6.92 Å². The predicted octanol–water partition coefficient (Wildman–Crippen LogP) is 3.24. The number of anilines is 1. The first-order valence-electron chi connectivity index (χ1n) is 9.83. The zero-order chi connectivity index (χ0) is 18.3. The van der Waals surface area contributed by atoms with Gasteiger partial charge in [-0.1, -0.05) is 19.8 Å².